The average Bonchev–Trinajstić information content (AvgIpc) is 2.99. The van der Waals surface area contributed by atoms with E-state index in [1.807, 2.05) is 19.9 Å². The summed E-state index contributed by atoms with van der Waals surface area (Å²) in [5, 5.41) is 0.896. The quantitative estimate of drug-likeness (QED) is 0.844. The van der Waals surface area contributed by atoms with Crippen molar-refractivity contribution >= 4 is 23.2 Å². The van der Waals surface area contributed by atoms with E-state index >= 15 is 0 Å². The Morgan fingerprint density at radius 3 is 2.28 bits per heavy atom. The van der Waals surface area contributed by atoms with E-state index in [0.717, 1.165) is 10.7 Å². The molecule has 7 heteroatoms. The summed E-state index contributed by atoms with van der Waals surface area (Å²) >= 11 is 1.43. The van der Waals surface area contributed by atoms with Crippen LogP contribution in [-0.4, -0.2) is 59.9 Å². The molecule has 1 saturated heterocycles. The van der Waals surface area contributed by atoms with Crippen LogP contribution in [0.5, 0.6) is 5.75 Å². The van der Waals surface area contributed by atoms with E-state index in [9.17, 15) is 9.59 Å². The number of carbonyl (C=O) groups excluding carboxylic acids is 2. The fourth-order valence-electron chi connectivity index (χ4n) is 2.92. The molecule has 132 valence electrons. The molecule has 1 aromatic carbocycles. The minimum absolute atomic E-state index is 0.0107. The summed E-state index contributed by atoms with van der Waals surface area (Å²) in [6.45, 7) is 5.88. The van der Waals surface area contributed by atoms with E-state index in [0.29, 0.717) is 42.4 Å². The maximum atomic E-state index is 12.6. The molecular weight excluding hydrogens is 338 g/mol. The van der Waals surface area contributed by atoms with Gasteiger partial charge in [0.1, 0.15) is 10.6 Å². The van der Waals surface area contributed by atoms with Crippen LogP contribution in [0.3, 0.4) is 0 Å². The second-order valence-corrected chi connectivity index (χ2v) is 7.17. The van der Waals surface area contributed by atoms with Gasteiger partial charge in [-0.05, 0) is 32.0 Å². The monoisotopic (exact) mass is 359 g/mol. The Labute approximate surface area is 151 Å². The number of amides is 2. The van der Waals surface area contributed by atoms with Crippen LogP contribution >= 0.6 is 11.3 Å². The number of nitrogens with zero attached hydrogens (tertiary/aromatic N) is 3. The van der Waals surface area contributed by atoms with Crippen molar-refractivity contribution in [3.8, 4) is 5.75 Å². The van der Waals surface area contributed by atoms with Crippen molar-refractivity contribution in [2.75, 3.05) is 33.3 Å². The van der Waals surface area contributed by atoms with E-state index in [-0.39, 0.29) is 11.8 Å². The molecule has 0 spiro atoms. The van der Waals surface area contributed by atoms with Crippen molar-refractivity contribution in [2.24, 2.45) is 0 Å². The first-order valence-corrected chi connectivity index (χ1v) is 8.98. The third kappa shape index (κ3) is 3.66. The Morgan fingerprint density at radius 2 is 1.72 bits per heavy atom. The van der Waals surface area contributed by atoms with E-state index < -0.39 is 0 Å². The molecule has 0 saturated carbocycles. The molecule has 0 radical (unpaired) electrons. The van der Waals surface area contributed by atoms with E-state index in [2.05, 4.69) is 4.98 Å². The first-order chi connectivity index (χ1) is 12.0. The van der Waals surface area contributed by atoms with Gasteiger partial charge in [0.05, 0.1) is 17.8 Å². The average molecular weight is 359 g/mol. The van der Waals surface area contributed by atoms with Crippen LogP contribution in [0.25, 0.3) is 0 Å². The van der Waals surface area contributed by atoms with Gasteiger partial charge in [0.2, 0.25) is 0 Å². The molecule has 25 heavy (non-hydrogen) atoms. The summed E-state index contributed by atoms with van der Waals surface area (Å²) in [5.74, 6) is 0.642. The van der Waals surface area contributed by atoms with Crippen molar-refractivity contribution in [2.45, 2.75) is 13.8 Å². The number of aryl methyl sites for hydroxylation is 2. The number of thiazole rings is 1. The fourth-order valence-corrected chi connectivity index (χ4v) is 3.81. The highest BCUT2D eigenvalue weighted by atomic mass is 32.1. The van der Waals surface area contributed by atoms with Crippen molar-refractivity contribution < 1.29 is 14.3 Å². The number of rotatable bonds is 3. The molecule has 1 aliphatic rings. The number of hydrogen-bond donors (Lipinski definition) is 0. The number of hydrogen-bond acceptors (Lipinski definition) is 5. The molecule has 0 N–H and O–H groups in total. The number of aromatic nitrogens is 1. The first kappa shape index (κ1) is 17.4. The molecule has 0 bridgehead atoms. The zero-order chi connectivity index (χ0) is 18.0. The lowest BCUT2D eigenvalue weighted by molar-refractivity contribution is 0.0537. The zero-order valence-electron chi connectivity index (χ0n) is 14.6. The molecule has 1 aliphatic heterocycles. The van der Waals surface area contributed by atoms with E-state index in [1.165, 1.54) is 11.3 Å². The molecule has 0 aliphatic carbocycles. The van der Waals surface area contributed by atoms with Gasteiger partial charge in [-0.2, -0.15) is 0 Å². The summed E-state index contributed by atoms with van der Waals surface area (Å²) in [4.78, 5) is 33.9. The van der Waals surface area contributed by atoms with Gasteiger partial charge < -0.3 is 14.5 Å². The van der Waals surface area contributed by atoms with Crippen LogP contribution in [0.15, 0.2) is 24.3 Å². The van der Waals surface area contributed by atoms with Crippen LogP contribution in [0.4, 0.5) is 0 Å². The van der Waals surface area contributed by atoms with Crippen LogP contribution in [0.1, 0.15) is 30.7 Å². The highest BCUT2D eigenvalue weighted by Crippen LogP contribution is 2.21. The van der Waals surface area contributed by atoms with Crippen LogP contribution in [-0.2, 0) is 0 Å². The number of methoxy groups -OCH3 is 1. The van der Waals surface area contributed by atoms with Gasteiger partial charge in [-0.3, -0.25) is 9.59 Å². The molecule has 2 aromatic rings. The normalized spacial score (nSPS) is 14.5. The smallest absolute Gasteiger partial charge is 0.265 e. The SMILES string of the molecule is COc1cccc(C(=O)N2CCN(C(=O)c3sc(C)nc3C)CC2)c1. The lowest BCUT2D eigenvalue weighted by Crippen LogP contribution is -2.50. The molecule has 3 rings (SSSR count). The van der Waals surface area contributed by atoms with Gasteiger partial charge in [0.25, 0.3) is 11.8 Å². The van der Waals surface area contributed by atoms with Crippen LogP contribution < -0.4 is 4.74 Å². The van der Waals surface area contributed by atoms with Gasteiger partial charge in [-0.25, -0.2) is 4.98 Å². The molecule has 6 nitrogen and oxygen atoms in total. The van der Waals surface area contributed by atoms with Gasteiger partial charge >= 0.3 is 0 Å². The highest BCUT2D eigenvalue weighted by Gasteiger charge is 2.27. The Hall–Kier alpha value is -2.41. The van der Waals surface area contributed by atoms with Gasteiger partial charge in [-0.15, -0.1) is 11.3 Å². The largest absolute Gasteiger partial charge is 0.497 e. The minimum atomic E-state index is -0.0317. The Bertz CT molecular complexity index is 795. The fraction of sp³-hybridized carbons (Fsp3) is 0.389. The number of piperazine rings is 1. The summed E-state index contributed by atoms with van der Waals surface area (Å²) in [5.41, 5.74) is 1.38. The lowest BCUT2D eigenvalue weighted by Gasteiger charge is -2.34. The zero-order valence-corrected chi connectivity index (χ0v) is 15.4. The Kier molecular flexibility index (Phi) is 5.03. The topological polar surface area (TPSA) is 62.7 Å². The van der Waals surface area contributed by atoms with Gasteiger partial charge in [0.15, 0.2) is 0 Å². The third-order valence-corrected chi connectivity index (χ3v) is 5.33. The molecule has 2 amide bonds. The molecule has 2 heterocycles. The number of ether oxygens (including phenoxy) is 1. The second kappa shape index (κ2) is 7.23. The van der Waals surface area contributed by atoms with E-state index in [1.54, 1.807) is 35.1 Å². The molecular formula is C18H21N3O3S. The molecule has 0 unspecified atom stereocenters. The summed E-state index contributed by atoms with van der Waals surface area (Å²) < 4.78 is 5.17. The van der Waals surface area contributed by atoms with Gasteiger partial charge in [0, 0.05) is 31.7 Å². The molecule has 0 atom stereocenters. The number of benzene rings is 1. The third-order valence-electron chi connectivity index (χ3n) is 4.27. The second-order valence-electron chi connectivity index (χ2n) is 5.96. The van der Waals surface area contributed by atoms with Crippen molar-refractivity contribution in [1.82, 2.24) is 14.8 Å². The summed E-state index contributed by atoms with van der Waals surface area (Å²) in [6.07, 6.45) is 0. The van der Waals surface area contributed by atoms with Crippen LogP contribution in [0, 0.1) is 13.8 Å². The maximum absolute atomic E-state index is 12.6. The first-order valence-electron chi connectivity index (χ1n) is 8.16. The van der Waals surface area contributed by atoms with Crippen molar-refractivity contribution in [3.05, 3.63) is 45.4 Å². The summed E-state index contributed by atoms with van der Waals surface area (Å²) in [6, 6.07) is 7.14. The maximum Gasteiger partial charge on any atom is 0.265 e. The molecule has 1 aromatic heterocycles. The molecule has 1 fully saturated rings. The number of carbonyl (C=O) groups is 2. The minimum Gasteiger partial charge on any atom is -0.497 e. The van der Waals surface area contributed by atoms with E-state index in [4.69, 9.17) is 4.74 Å². The lowest BCUT2D eigenvalue weighted by atomic mass is 10.1. The predicted octanol–water partition coefficient (Wildman–Crippen LogP) is 2.37. The summed E-state index contributed by atoms with van der Waals surface area (Å²) in [7, 11) is 1.58. The van der Waals surface area contributed by atoms with Gasteiger partial charge in [-0.1, -0.05) is 6.07 Å². The van der Waals surface area contributed by atoms with Crippen molar-refractivity contribution in [3.63, 3.8) is 0 Å². The highest BCUT2D eigenvalue weighted by molar-refractivity contribution is 7.13. The van der Waals surface area contributed by atoms with Crippen molar-refractivity contribution in [1.29, 1.82) is 0 Å². The Morgan fingerprint density at radius 1 is 1.08 bits per heavy atom. The standard InChI is InChI=1S/C18H21N3O3S/c1-12-16(25-13(2)19-12)18(23)21-9-7-20(8-10-21)17(22)14-5-4-6-15(11-14)24-3/h4-6,11H,7-10H2,1-3H3. The van der Waals surface area contributed by atoms with Crippen LogP contribution in [0.2, 0.25) is 0 Å². The predicted molar refractivity (Wildman–Crippen MR) is 96.4 cm³/mol. The Balaban J connectivity index is 1.64.